The smallest absolute Gasteiger partial charge is 0.277 e. The second-order valence-corrected chi connectivity index (χ2v) is 7.22. The molecule has 0 saturated carbocycles. The lowest BCUT2D eigenvalue weighted by molar-refractivity contribution is -0.115. The summed E-state index contributed by atoms with van der Waals surface area (Å²) in [6.45, 7) is 1.76. The van der Waals surface area contributed by atoms with Crippen molar-refractivity contribution in [2.75, 3.05) is 26.6 Å². The minimum absolute atomic E-state index is 0.186. The summed E-state index contributed by atoms with van der Waals surface area (Å²) in [7, 11) is 4.70. The van der Waals surface area contributed by atoms with E-state index in [1.54, 1.807) is 64.7 Å². The molecule has 0 aliphatic carbocycles. The summed E-state index contributed by atoms with van der Waals surface area (Å²) < 4.78 is 21.4. The Kier molecular flexibility index (Phi) is 6.61. The van der Waals surface area contributed by atoms with Crippen molar-refractivity contribution in [3.8, 4) is 28.7 Å². The molecule has 0 aliphatic heterocycles. The molecule has 9 heteroatoms. The molecular weight excluding hydrogens is 394 g/mol. The van der Waals surface area contributed by atoms with E-state index in [-0.39, 0.29) is 5.91 Å². The van der Waals surface area contributed by atoms with Gasteiger partial charge in [-0.15, -0.1) is 10.2 Å². The standard InChI is InChI=1S/C20H21N3O5S/c1-12(18(24)21-14-6-5-7-15(11-14)25-2)29-20-23-22-19(28-20)13-8-9-16(26-3)17(10-13)27-4/h5-12H,1-4H3,(H,21,24)/t12-/m1/s1. The Labute approximate surface area is 172 Å². The fraction of sp³-hybridized carbons (Fsp3) is 0.250. The monoisotopic (exact) mass is 415 g/mol. The molecule has 0 radical (unpaired) electrons. The fourth-order valence-electron chi connectivity index (χ4n) is 2.49. The van der Waals surface area contributed by atoms with E-state index in [0.29, 0.717) is 39.6 Å². The maximum atomic E-state index is 12.5. The van der Waals surface area contributed by atoms with Crippen molar-refractivity contribution in [3.63, 3.8) is 0 Å². The highest BCUT2D eigenvalue weighted by Crippen LogP contribution is 2.33. The van der Waals surface area contributed by atoms with Gasteiger partial charge in [-0.25, -0.2) is 0 Å². The number of nitrogens with zero attached hydrogens (tertiary/aromatic N) is 2. The van der Waals surface area contributed by atoms with Crippen LogP contribution in [-0.2, 0) is 4.79 Å². The zero-order valence-corrected chi connectivity index (χ0v) is 17.3. The average Bonchev–Trinajstić information content (AvgIpc) is 3.21. The number of methoxy groups -OCH3 is 3. The van der Waals surface area contributed by atoms with Gasteiger partial charge in [0.25, 0.3) is 5.22 Å². The number of ether oxygens (including phenoxy) is 3. The van der Waals surface area contributed by atoms with Crippen LogP contribution in [0.3, 0.4) is 0 Å². The number of anilines is 1. The van der Waals surface area contributed by atoms with E-state index in [2.05, 4.69) is 15.5 Å². The highest BCUT2D eigenvalue weighted by molar-refractivity contribution is 8.00. The lowest BCUT2D eigenvalue weighted by Crippen LogP contribution is -2.22. The summed E-state index contributed by atoms with van der Waals surface area (Å²) in [6, 6.07) is 12.5. The summed E-state index contributed by atoms with van der Waals surface area (Å²) >= 11 is 1.17. The van der Waals surface area contributed by atoms with Gasteiger partial charge in [0.2, 0.25) is 11.8 Å². The van der Waals surface area contributed by atoms with Gasteiger partial charge in [-0.2, -0.15) is 0 Å². The van der Waals surface area contributed by atoms with Crippen LogP contribution in [0.15, 0.2) is 52.1 Å². The first kappa shape index (κ1) is 20.5. The Hall–Kier alpha value is -3.20. The third kappa shape index (κ3) is 5.00. The summed E-state index contributed by atoms with van der Waals surface area (Å²) in [4.78, 5) is 12.5. The number of amides is 1. The Morgan fingerprint density at radius 3 is 2.55 bits per heavy atom. The van der Waals surface area contributed by atoms with Gasteiger partial charge in [0.15, 0.2) is 11.5 Å². The molecule has 0 unspecified atom stereocenters. The summed E-state index contributed by atoms with van der Waals surface area (Å²) in [5.74, 6) is 1.97. The van der Waals surface area contributed by atoms with Crippen LogP contribution < -0.4 is 19.5 Å². The molecule has 3 aromatic rings. The molecule has 152 valence electrons. The van der Waals surface area contributed by atoms with Crippen molar-refractivity contribution >= 4 is 23.4 Å². The Morgan fingerprint density at radius 1 is 1.03 bits per heavy atom. The van der Waals surface area contributed by atoms with Crippen LogP contribution >= 0.6 is 11.8 Å². The molecular formula is C20H21N3O5S. The first-order chi connectivity index (χ1) is 14.0. The van der Waals surface area contributed by atoms with E-state index in [1.807, 2.05) is 6.07 Å². The van der Waals surface area contributed by atoms with Gasteiger partial charge in [-0.3, -0.25) is 4.79 Å². The minimum atomic E-state index is -0.445. The minimum Gasteiger partial charge on any atom is -0.497 e. The van der Waals surface area contributed by atoms with Gasteiger partial charge >= 0.3 is 0 Å². The number of nitrogens with one attached hydrogen (secondary N) is 1. The highest BCUT2D eigenvalue weighted by Gasteiger charge is 2.19. The Bertz CT molecular complexity index is 992. The average molecular weight is 415 g/mol. The lowest BCUT2D eigenvalue weighted by Gasteiger charge is -2.10. The van der Waals surface area contributed by atoms with Gasteiger partial charge in [0, 0.05) is 17.3 Å². The normalized spacial score (nSPS) is 11.6. The number of hydrogen-bond donors (Lipinski definition) is 1. The number of carbonyl (C=O) groups is 1. The molecule has 8 nitrogen and oxygen atoms in total. The molecule has 0 aliphatic rings. The zero-order chi connectivity index (χ0) is 20.8. The molecule has 1 amide bonds. The predicted octanol–water partition coefficient (Wildman–Crippen LogP) is 3.88. The van der Waals surface area contributed by atoms with Crippen LogP contribution in [0, 0.1) is 0 Å². The van der Waals surface area contributed by atoms with Crippen molar-refractivity contribution < 1.29 is 23.4 Å². The number of rotatable bonds is 8. The van der Waals surface area contributed by atoms with Crippen LogP contribution in [0.2, 0.25) is 0 Å². The number of hydrogen-bond acceptors (Lipinski definition) is 8. The van der Waals surface area contributed by atoms with Crippen LogP contribution in [0.1, 0.15) is 6.92 Å². The molecule has 0 fully saturated rings. The van der Waals surface area contributed by atoms with Crippen molar-refractivity contribution in [1.82, 2.24) is 10.2 Å². The molecule has 0 bridgehead atoms. The van der Waals surface area contributed by atoms with Crippen LogP contribution in [-0.4, -0.2) is 42.7 Å². The van der Waals surface area contributed by atoms with Crippen molar-refractivity contribution in [3.05, 3.63) is 42.5 Å². The third-order valence-corrected chi connectivity index (χ3v) is 4.96. The van der Waals surface area contributed by atoms with Crippen LogP contribution in [0.4, 0.5) is 5.69 Å². The quantitative estimate of drug-likeness (QED) is 0.554. The molecule has 3 rings (SSSR count). The molecule has 1 aromatic heterocycles. The van der Waals surface area contributed by atoms with E-state index in [0.717, 1.165) is 0 Å². The topological polar surface area (TPSA) is 95.7 Å². The number of aromatic nitrogens is 2. The fourth-order valence-corrected chi connectivity index (χ4v) is 3.18. The lowest BCUT2D eigenvalue weighted by atomic mass is 10.2. The first-order valence-electron chi connectivity index (χ1n) is 8.71. The Balaban J connectivity index is 1.66. The molecule has 0 saturated heterocycles. The highest BCUT2D eigenvalue weighted by atomic mass is 32.2. The van der Waals surface area contributed by atoms with Crippen LogP contribution in [0.25, 0.3) is 11.5 Å². The van der Waals surface area contributed by atoms with E-state index < -0.39 is 5.25 Å². The largest absolute Gasteiger partial charge is 0.497 e. The SMILES string of the molecule is COc1cccc(NC(=O)[C@@H](C)Sc2nnc(-c3ccc(OC)c(OC)c3)o2)c1. The third-order valence-electron chi connectivity index (χ3n) is 4.02. The summed E-state index contributed by atoms with van der Waals surface area (Å²) in [5, 5.41) is 10.8. The Morgan fingerprint density at radius 2 is 1.83 bits per heavy atom. The summed E-state index contributed by atoms with van der Waals surface area (Å²) in [5.41, 5.74) is 1.34. The first-order valence-corrected chi connectivity index (χ1v) is 9.59. The molecule has 29 heavy (non-hydrogen) atoms. The van der Waals surface area contributed by atoms with Gasteiger partial charge in [-0.05, 0) is 37.3 Å². The second-order valence-electron chi connectivity index (χ2n) is 5.92. The van der Waals surface area contributed by atoms with Gasteiger partial charge in [-0.1, -0.05) is 17.8 Å². The van der Waals surface area contributed by atoms with Gasteiger partial charge in [0.05, 0.1) is 26.6 Å². The van der Waals surface area contributed by atoms with Crippen molar-refractivity contribution in [2.45, 2.75) is 17.4 Å². The van der Waals surface area contributed by atoms with Crippen molar-refractivity contribution in [2.24, 2.45) is 0 Å². The molecule has 2 aromatic carbocycles. The van der Waals surface area contributed by atoms with E-state index in [1.165, 1.54) is 11.8 Å². The van der Waals surface area contributed by atoms with E-state index in [9.17, 15) is 4.79 Å². The van der Waals surface area contributed by atoms with Gasteiger partial charge in [0.1, 0.15) is 5.75 Å². The number of benzene rings is 2. The van der Waals surface area contributed by atoms with E-state index >= 15 is 0 Å². The van der Waals surface area contributed by atoms with Crippen molar-refractivity contribution in [1.29, 1.82) is 0 Å². The maximum absolute atomic E-state index is 12.5. The second kappa shape index (κ2) is 9.33. The molecule has 1 atom stereocenters. The molecule has 1 heterocycles. The predicted molar refractivity (Wildman–Crippen MR) is 110 cm³/mol. The van der Waals surface area contributed by atoms with Gasteiger partial charge < -0.3 is 23.9 Å². The maximum Gasteiger partial charge on any atom is 0.277 e. The van der Waals surface area contributed by atoms with Crippen LogP contribution in [0.5, 0.6) is 17.2 Å². The summed E-state index contributed by atoms with van der Waals surface area (Å²) in [6.07, 6.45) is 0. The number of carbonyl (C=O) groups excluding carboxylic acids is 1. The van der Waals surface area contributed by atoms with E-state index in [4.69, 9.17) is 18.6 Å². The number of thioether (sulfide) groups is 1. The molecule has 0 spiro atoms. The molecule has 1 N–H and O–H groups in total. The zero-order valence-electron chi connectivity index (χ0n) is 16.5.